The molecular formula is C21H18N2O. The van der Waals surface area contributed by atoms with E-state index in [-0.39, 0.29) is 5.78 Å². The van der Waals surface area contributed by atoms with Crippen LogP contribution in [0.2, 0.25) is 0 Å². The van der Waals surface area contributed by atoms with Gasteiger partial charge in [-0.15, -0.1) is 0 Å². The molecule has 3 nitrogen and oxygen atoms in total. The van der Waals surface area contributed by atoms with Crippen LogP contribution in [0.25, 0.3) is 11.1 Å². The van der Waals surface area contributed by atoms with Gasteiger partial charge in [-0.3, -0.25) is 4.79 Å². The average molecular weight is 314 g/mol. The molecule has 0 saturated carbocycles. The molecular weight excluding hydrogens is 296 g/mol. The smallest absolute Gasteiger partial charge is 0.184 e. The summed E-state index contributed by atoms with van der Waals surface area (Å²) in [6.07, 6.45) is 5.32. The zero-order valence-corrected chi connectivity index (χ0v) is 13.7. The van der Waals surface area contributed by atoms with Crippen molar-refractivity contribution < 1.29 is 4.79 Å². The summed E-state index contributed by atoms with van der Waals surface area (Å²) >= 11 is 0. The molecule has 0 fully saturated rings. The molecule has 0 N–H and O–H groups in total. The molecule has 1 aliphatic rings. The Labute approximate surface area is 141 Å². The van der Waals surface area contributed by atoms with Crippen molar-refractivity contribution in [1.82, 2.24) is 0 Å². The van der Waals surface area contributed by atoms with Crippen LogP contribution in [-0.4, -0.2) is 5.78 Å². The Balaban J connectivity index is 1.74. The minimum Gasteiger partial charge on any atom is -0.289 e. The number of carbonyl (C=O) groups is 1. The number of rotatable bonds is 3. The van der Waals surface area contributed by atoms with Gasteiger partial charge in [0.15, 0.2) is 5.78 Å². The third kappa shape index (κ3) is 3.63. The van der Waals surface area contributed by atoms with Crippen molar-refractivity contribution in [3.63, 3.8) is 0 Å². The van der Waals surface area contributed by atoms with E-state index in [9.17, 15) is 4.79 Å². The topological polar surface area (TPSA) is 41.8 Å². The highest BCUT2D eigenvalue weighted by Gasteiger charge is 2.12. The summed E-state index contributed by atoms with van der Waals surface area (Å²) in [6, 6.07) is 18.2. The molecule has 0 aromatic heterocycles. The molecule has 24 heavy (non-hydrogen) atoms. The lowest BCUT2D eigenvalue weighted by Crippen LogP contribution is -2.05. The first-order chi connectivity index (χ1) is 11.6. The summed E-state index contributed by atoms with van der Waals surface area (Å²) in [6.45, 7) is 3.62. The quantitative estimate of drug-likeness (QED) is 0.660. The number of hydrogen-bond donors (Lipinski definition) is 0. The fourth-order valence-electron chi connectivity index (χ4n) is 2.57. The minimum absolute atomic E-state index is 0.0839. The highest BCUT2D eigenvalue weighted by molar-refractivity contribution is 6.09. The van der Waals surface area contributed by atoms with Crippen LogP contribution < -0.4 is 0 Å². The van der Waals surface area contributed by atoms with Gasteiger partial charge in [0.05, 0.1) is 11.9 Å². The number of ketones is 1. The Hall–Kier alpha value is -3.07. The Morgan fingerprint density at radius 3 is 2.00 bits per heavy atom. The molecule has 0 heterocycles. The molecule has 3 rings (SSSR count). The van der Waals surface area contributed by atoms with Gasteiger partial charge in [-0.25, -0.2) is 0 Å². The summed E-state index contributed by atoms with van der Waals surface area (Å²) in [5, 5.41) is 8.33. The van der Waals surface area contributed by atoms with Gasteiger partial charge < -0.3 is 0 Å². The van der Waals surface area contributed by atoms with E-state index < -0.39 is 0 Å². The number of hydrogen-bond acceptors (Lipinski definition) is 3. The van der Waals surface area contributed by atoms with Crippen LogP contribution in [0.5, 0.6) is 0 Å². The standard InChI is InChI=1S/C21H18N2O/c1-15-12-17(13-16(2)21(15)24)14-22-23-20-10-8-19(9-11-20)18-6-4-3-5-7-18/h3-14H,1-2H3. The highest BCUT2D eigenvalue weighted by Crippen LogP contribution is 2.23. The van der Waals surface area contributed by atoms with Crippen molar-refractivity contribution in [3.05, 3.63) is 89.7 Å². The van der Waals surface area contributed by atoms with E-state index in [1.54, 1.807) is 6.20 Å². The Morgan fingerprint density at radius 1 is 0.792 bits per heavy atom. The fourth-order valence-corrected chi connectivity index (χ4v) is 2.57. The normalized spacial score (nSPS) is 14.6. The monoisotopic (exact) mass is 314 g/mol. The average Bonchev–Trinajstić information content (AvgIpc) is 2.61. The van der Waals surface area contributed by atoms with Crippen LogP contribution in [0.4, 0.5) is 5.69 Å². The number of nitrogens with zero attached hydrogens (tertiary/aromatic N) is 2. The highest BCUT2D eigenvalue weighted by atomic mass is 16.1. The minimum atomic E-state index is 0.0839. The first-order valence-electron chi connectivity index (χ1n) is 7.81. The van der Waals surface area contributed by atoms with E-state index in [2.05, 4.69) is 22.4 Å². The molecule has 3 heteroatoms. The second-order valence-electron chi connectivity index (χ2n) is 5.74. The lowest BCUT2D eigenvalue weighted by atomic mass is 9.96. The molecule has 0 aliphatic heterocycles. The van der Waals surface area contributed by atoms with Gasteiger partial charge in [-0.2, -0.15) is 10.2 Å². The second-order valence-corrected chi connectivity index (χ2v) is 5.74. The van der Waals surface area contributed by atoms with Crippen molar-refractivity contribution >= 4 is 11.5 Å². The maximum absolute atomic E-state index is 11.7. The van der Waals surface area contributed by atoms with Crippen LogP contribution in [0.3, 0.4) is 0 Å². The summed E-state index contributed by atoms with van der Waals surface area (Å²) in [7, 11) is 0. The molecule has 0 bridgehead atoms. The van der Waals surface area contributed by atoms with Crippen LogP contribution in [-0.2, 0) is 4.79 Å². The molecule has 0 amide bonds. The van der Waals surface area contributed by atoms with Gasteiger partial charge >= 0.3 is 0 Å². The number of Topliss-reactive ketones (excluding diaryl/α,β-unsaturated/α-hetero) is 1. The van der Waals surface area contributed by atoms with Crippen molar-refractivity contribution in [1.29, 1.82) is 0 Å². The Morgan fingerprint density at radius 2 is 1.38 bits per heavy atom. The van der Waals surface area contributed by atoms with E-state index in [4.69, 9.17) is 0 Å². The van der Waals surface area contributed by atoms with Gasteiger partial charge in [0.25, 0.3) is 0 Å². The third-order valence-electron chi connectivity index (χ3n) is 3.84. The zero-order chi connectivity index (χ0) is 16.9. The van der Waals surface area contributed by atoms with Crippen molar-refractivity contribution in [2.75, 3.05) is 0 Å². The number of allylic oxidation sites excluding steroid dienone is 5. The molecule has 0 unspecified atom stereocenters. The van der Waals surface area contributed by atoms with Crippen molar-refractivity contribution in [2.24, 2.45) is 10.2 Å². The second kappa shape index (κ2) is 7.01. The lowest BCUT2D eigenvalue weighted by Gasteiger charge is -2.08. The molecule has 0 spiro atoms. The van der Waals surface area contributed by atoms with Crippen molar-refractivity contribution in [2.45, 2.75) is 13.8 Å². The van der Waals surface area contributed by atoms with Crippen LogP contribution in [0.15, 0.2) is 99.9 Å². The summed E-state index contributed by atoms with van der Waals surface area (Å²) in [5.74, 6) is 0.0839. The number of benzene rings is 2. The van der Waals surface area contributed by atoms with Crippen LogP contribution >= 0.6 is 0 Å². The third-order valence-corrected chi connectivity index (χ3v) is 3.84. The predicted octanol–water partition coefficient (Wildman–Crippen LogP) is 5.80. The predicted molar refractivity (Wildman–Crippen MR) is 97.0 cm³/mol. The number of carbonyl (C=O) groups excluding carboxylic acids is 1. The lowest BCUT2D eigenvalue weighted by molar-refractivity contribution is -0.112. The van der Waals surface area contributed by atoms with Gasteiger partial charge in [0.1, 0.15) is 0 Å². The molecule has 1 aliphatic carbocycles. The van der Waals surface area contributed by atoms with Gasteiger partial charge in [-0.1, -0.05) is 42.5 Å². The molecule has 0 saturated heterocycles. The van der Waals surface area contributed by atoms with E-state index in [0.29, 0.717) is 0 Å². The largest absolute Gasteiger partial charge is 0.289 e. The molecule has 0 radical (unpaired) electrons. The Kier molecular flexibility index (Phi) is 4.62. The summed E-state index contributed by atoms with van der Waals surface area (Å²) in [4.78, 5) is 11.7. The van der Waals surface area contributed by atoms with E-state index in [1.807, 2.05) is 68.5 Å². The zero-order valence-electron chi connectivity index (χ0n) is 13.7. The SMILES string of the molecule is CC1=CC(=CN=Nc2ccc(-c3ccccc3)cc2)C=C(C)C1=O. The van der Waals surface area contributed by atoms with Crippen LogP contribution in [0.1, 0.15) is 13.8 Å². The fraction of sp³-hybridized carbons (Fsp3) is 0.0952. The first kappa shape index (κ1) is 15.8. The maximum atomic E-state index is 11.7. The molecule has 2 aromatic carbocycles. The maximum Gasteiger partial charge on any atom is 0.184 e. The van der Waals surface area contributed by atoms with Gasteiger partial charge in [0, 0.05) is 0 Å². The van der Waals surface area contributed by atoms with E-state index in [1.165, 1.54) is 5.56 Å². The summed E-state index contributed by atoms with van der Waals surface area (Å²) < 4.78 is 0. The Bertz CT molecular complexity index is 846. The number of azo groups is 1. The van der Waals surface area contributed by atoms with Crippen molar-refractivity contribution in [3.8, 4) is 11.1 Å². The van der Waals surface area contributed by atoms with E-state index in [0.717, 1.165) is 28.0 Å². The van der Waals surface area contributed by atoms with Gasteiger partial charge in [-0.05, 0) is 66.0 Å². The van der Waals surface area contributed by atoms with E-state index >= 15 is 0 Å². The molecule has 0 atom stereocenters. The molecule has 2 aromatic rings. The summed E-state index contributed by atoms with van der Waals surface area (Å²) in [5.41, 5.74) is 5.45. The first-order valence-corrected chi connectivity index (χ1v) is 7.81. The van der Waals surface area contributed by atoms with Gasteiger partial charge in [0.2, 0.25) is 0 Å². The molecule has 118 valence electrons. The van der Waals surface area contributed by atoms with Crippen LogP contribution in [0, 0.1) is 0 Å².